The summed E-state index contributed by atoms with van der Waals surface area (Å²) in [7, 11) is 1.59. The fourth-order valence-electron chi connectivity index (χ4n) is 4.77. The highest BCUT2D eigenvalue weighted by Gasteiger charge is 2.47. The van der Waals surface area contributed by atoms with Crippen LogP contribution in [-0.4, -0.2) is 41.7 Å². The molecule has 0 radical (unpaired) electrons. The minimum atomic E-state index is -1.05. The predicted molar refractivity (Wildman–Crippen MR) is 133 cm³/mol. The van der Waals surface area contributed by atoms with Gasteiger partial charge in [-0.25, -0.2) is 4.98 Å². The van der Waals surface area contributed by atoms with Gasteiger partial charge in [-0.05, 0) is 48.7 Å². The lowest BCUT2D eigenvalue weighted by Crippen LogP contribution is -2.50. The van der Waals surface area contributed by atoms with Crippen molar-refractivity contribution >= 4 is 28.9 Å². The van der Waals surface area contributed by atoms with Gasteiger partial charge in [0.15, 0.2) is 5.92 Å². The first-order valence-electron chi connectivity index (χ1n) is 11.7. The monoisotopic (exact) mass is 469 g/mol. The number of carbonyl (C=O) groups is 2. The van der Waals surface area contributed by atoms with Crippen LogP contribution in [0.5, 0.6) is 5.75 Å². The van der Waals surface area contributed by atoms with E-state index in [4.69, 9.17) is 14.5 Å². The molecule has 2 atom stereocenters. The van der Waals surface area contributed by atoms with Gasteiger partial charge in [-0.3, -0.25) is 14.5 Å². The lowest BCUT2D eigenvalue weighted by molar-refractivity contribution is -0.153. The Kier molecular flexibility index (Phi) is 6.23. The predicted octanol–water partition coefficient (Wildman–Crippen LogP) is 4.40. The van der Waals surface area contributed by atoms with Crippen LogP contribution in [0.25, 0.3) is 11.0 Å². The number of amides is 1. The zero-order valence-electron chi connectivity index (χ0n) is 19.8. The topological polar surface area (TPSA) is 73.7 Å². The van der Waals surface area contributed by atoms with Crippen LogP contribution in [0.1, 0.15) is 24.1 Å². The molecule has 0 spiro atoms. The standard InChI is InChI=1S/C28H27N3O4/c1-3-35-27(33)24-25(20-12-9-13-21(18-20)34-2)31-23-15-8-7-14-22(23)29-28(31)30(26(24)32)17-16-19-10-5-4-6-11-19/h4-15,18,24-25H,3,16-17H2,1-2H3/t24-,25+/m0/s1. The molecular formula is C28H27N3O4. The maximum absolute atomic E-state index is 14.0. The van der Waals surface area contributed by atoms with E-state index in [0.717, 1.165) is 22.2 Å². The van der Waals surface area contributed by atoms with Crippen molar-refractivity contribution in [3.63, 3.8) is 0 Å². The molecule has 7 nitrogen and oxygen atoms in total. The van der Waals surface area contributed by atoms with Crippen LogP contribution < -0.4 is 9.64 Å². The summed E-state index contributed by atoms with van der Waals surface area (Å²) in [5.74, 6) is -0.730. The highest BCUT2D eigenvalue weighted by Crippen LogP contribution is 2.42. The van der Waals surface area contributed by atoms with Crippen molar-refractivity contribution in [2.75, 3.05) is 25.2 Å². The van der Waals surface area contributed by atoms with Crippen molar-refractivity contribution in [3.8, 4) is 5.75 Å². The number of aromatic nitrogens is 2. The summed E-state index contributed by atoms with van der Waals surface area (Å²) in [6, 6.07) is 24.6. The van der Waals surface area contributed by atoms with Crippen molar-refractivity contribution < 1.29 is 19.1 Å². The number of hydrogen-bond donors (Lipinski definition) is 0. The number of rotatable bonds is 7. The first kappa shape index (κ1) is 22.7. The first-order chi connectivity index (χ1) is 17.1. The molecule has 35 heavy (non-hydrogen) atoms. The largest absolute Gasteiger partial charge is 0.497 e. The molecule has 0 saturated heterocycles. The second-order valence-corrected chi connectivity index (χ2v) is 8.45. The van der Waals surface area contributed by atoms with Crippen LogP contribution >= 0.6 is 0 Å². The van der Waals surface area contributed by atoms with Crippen molar-refractivity contribution in [1.29, 1.82) is 0 Å². The van der Waals surface area contributed by atoms with E-state index in [2.05, 4.69) is 0 Å². The van der Waals surface area contributed by atoms with Gasteiger partial charge >= 0.3 is 5.97 Å². The van der Waals surface area contributed by atoms with Crippen molar-refractivity contribution in [1.82, 2.24) is 9.55 Å². The number of para-hydroxylation sites is 2. The van der Waals surface area contributed by atoms with E-state index >= 15 is 0 Å². The zero-order valence-corrected chi connectivity index (χ0v) is 19.8. The lowest BCUT2D eigenvalue weighted by atomic mass is 9.89. The molecule has 2 heterocycles. The van der Waals surface area contributed by atoms with Crippen LogP contribution in [-0.2, 0) is 20.7 Å². The highest BCUT2D eigenvalue weighted by molar-refractivity contribution is 6.08. The number of carbonyl (C=O) groups excluding carboxylic acids is 2. The fourth-order valence-corrected chi connectivity index (χ4v) is 4.77. The van der Waals surface area contributed by atoms with Gasteiger partial charge in [0.2, 0.25) is 11.9 Å². The van der Waals surface area contributed by atoms with Gasteiger partial charge in [-0.2, -0.15) is 0 Å². The number of fused-ring (bicyclic) bond motifs is 3. The van der Waals surface area contributed by atoms with Gasteiger partial charge in [0.25, 0.3) is 0 Å². The Bertz CT molecular complexity index is 1370. The Morgan fingerprint density at radius 1 is 1.00 bits per heavy atom. The van der Waals surface area contributed by atoms with Crippen LogP contribution in [0.3, 0.4) is 0 Å². The molecule has 0 aliphatic carbocycles. The van der Waals surface area contributed by atoms with Crippen LogP contribution in [0.15, 0.2) is 78.9 Å². The molecule has 0 unspecified atom stereocenters. The molecule has 4 aromatic rings. The summed E-state index contributed by atoms with van der Waals surface area (Å²) in [5, 5.41) is 0. The number of methoxy groups -OCH3 is 1. The minimum Gasteiger partial charge on any atom is -0.497 e. The first-order valence-corrected chi connectivity index (χ1v) is 11.7. The second-order valence-electron chi connectivity index (χ2n) is 8.45. The average molecular weight is 470 g/mol. The molecular weight excluding hydrogens is 442 g/mol. The number of benzene rings is 3. The summed E-state index contributed by atoms with van der Waals surface area (Å²) in [6.45, 7) is 2.33. The Balaban J connectivity index is 1.69. The van der Waals surface area contributed by atoms with Crippen LogP contribution in [0.2, 0.25) is 0 Å². The van der Waals surface area contributed by atoms with E-state index in [-0.39, 0.29) is 12.5 Å². The number of nitrogens with zero attached hydrogens (tertiary/aromatic N) is 3. The Morgan fingerprint density at radius 2 is 1.77 bits per heavy atom. The SMILES string of the molecule is CCOC(=O)[C@@H]1C(=O)N(CCc2ccccc2)c2nc3ccccc3n2[C@@H]1c1cccc(OC)c1. The van der Waals surface area contributed by atoms with E-state index in [9.17, 15) is 9.59 Å². The molecule has 0 saturated carbocycles. The zero-order chi connectivity index (χ0) is 24.4. The molecule has 178 valence electrons. The summed E-state index contributed by atoms with van der Waals surface area (Å²) in [4.78, 5) is 33.8. The van der Waals surface area contributed by atoms with Gasteiger partial charge in [-0.15, -0.1) is 0 Å². The molecule has 1 aliphatic rings. The molecule has 0 fully saturated rings. The Labute approximate surface area is 203 Å². The summed E-state index contributed by atoms with van der Waals surface area (Å²) >= 11 is 0. The molecule has 1 amide bonds. The Hall–Kier alpha value is -4.13. The quantitative estimate of drug-likeness (QED) is 0.296. The smallest absolute Gasteiger partial charge is 0.321 e. The number of anilines is 1. The average Bonchev–Trinajstić information content (AvgIpc) is 3.27. The molecule has 0 N–H and O–H groups in total. The second kappa shape index (κ2) is 9.62. The Morgan fingerprint density at radius 3 is 2.54 bits per heavy atom. The summed E-state index contributed by atoms with van der Waals surface area (Å²) in [6.07, 6.45) is 0.634. The lowest BCUT2D eigenvalue weighted by Gasteiger charge is -2.38. The van der Waals surface area contributed by atoms with Gasteiger partial charge in [0, 0.05) is 6.54 Å². The van der Waals surface area contributed by atoms with Crippen LogP contribution in [0.4, 0.5) is 5.95 Å². The number of imidazole rings is 1. The third-order valence-corrected chi connectivity index (χ3v) is 6.39. The third kappa shape index (κ3) is 4.14. The molecule has 5 rings (SSSR count). The maximum atomic E-state index is 14.0. The summed E-state index contributed by atoms with van der Waals surface area (Å²) in [5.41, 5.74) is 3.49. The maximum Gasteiger partial charge on any atom is 0.321 e. The normalized spacial score (nSPS) is 17.3. The van der Waals surface area contributed by atoms with Gasteiger partial charge in [-0.1, -0.05) is 54.6 Å². The molecule has 3 aromatic carbocycles. The van der Waals surface area contributed by atoms with Gasteiger partial charge in [0.05, 0.1) is 30.8 Å². The number of hydrogen-bond acceptors (Lipinski definition) is 5. The molecule has 1 aromatic heterocycles. The van der Waals surface area contributed by atoms with Gasteiger partial charge in [0.1, 0.15) is 5.75 Å². The molecule has 7 heteroatoms. The number of ether oxygens (including phenoxy) is 2. The van der Waals surface area contributed by atoms with Gasteiger partial charge < -0.3 is 14.0 Å². The van der Waals surface area contributed by atoms with E-state index in [1.807, 2.05) is 83.4 Å². The van der Waals surface area contributed by atoms with E-state index in [0.29, 0.717) is 24.7 Å². The van der Waals surface area contributed by atoms with Crippen molar-refractivity contribution in [3.05, 3.63) is 90.0 Å². The number of esters is 1. The van der Waals surface area contributed by atoms with Crippen molar-refractivity contribution in [2.24, 2.45) is 5.92 Å². The minimum absolute atomic E-state index is 0.189. The van der Waals surface area contributed by atoms with E-state index < -0.39 is 17.9 Å². The van der Waals surface area contributed by atoms with Crippen LogP contribution in [0, 0.1) is 5.92 Å². The molecule has 0 bridgehead atoms. The van der Waals surface area contributed by atoms with Crippen molar-refractivity contribution in [2.45, 2.75) is 19.4 Å². The summed E-state index contributed by atoms with van der Waals surface area (Å²) < 4.78 is 12.9. The highest BCUT2D eigenvalue weighted by atomic mass is 16.5. The van der Waals surface area contributed by atoms with E-state index in [1.165, 1.54) is 0 Å². The fraction of sp³-hybridized carbons (Fsp3) is 0.250. The molecule has 1 aliphatic heterocycles. The third-order valence-electron chi connectivity index (χ3n) is 6.39. The van der Waals surface area contributed by atoms with E-state index in [1.54, 1.807) is 18.9 Å².